The predicted molar refractivity (Wildman–Crippen MR) is 109 cm³/mol. The van der Waals surface area contributed by atoms with Crippen LogP contribution in [0, 0.1) is 12.3 Å². The maximum atomic E-state index is 13.3. The molecule has 0 saturated carbocycles. The number of rotatable bonds is 4. The van der Waals surface area contributed by atoms with Crippen molar-refractivity contribution in [1.29, 1.82) is 0 Å². The van der Waals surface area contributed by atoms with Crippen LogP contribution in [0.15, 0.2) is 18.5 Å². The van der Waals surface area contributed by atoms with Gasteiger partial charge >= 0.3 is 6.18 Å². The minimum absolute atomic E-state index is 0.0720. The van der Waals surface area contributed by atoms with Crippen molar-refractivity contribution in [1.82, 2.24) is 29.7 Å². The molecule has 34 heavy (non-hydrogen) atoms. The first kappa shape index (κ1) is 22.3. The Kier molecular flexibility index (Phi) is 5.13. The Morgan fingerprint density at radius 1 is 1.09 bits per heavy atom. The van der Waals surface area contributed by atoms with Crippen LogP contribution in [0.2, 0.25) is 0 Å². The Morgan fingerprint density at radius 3 is 2.59 bits per heavy atom. The molecule has 0 aromatic carbocycles. The largest absolute Gasteiger partial charge is 0.433 e. The Hall–Kier alpha value is -3.45. The number of hydrogen-bond donors (Lipinski definition) is 0. The number of carbonyl (C=O) groups is 1. The molecule has 14 heteroatoms. The molecule has 0 radical (unpaired) electrons. The molecule has 0 aliphatic carbocycles. The number of aromatic nitrogens is 6. The summed E-state index contributed by atoms with van der Waals surface area (Å²) in [5.41, 5.74) is -1.31. The van der Waals surface area contributed by atoms with Crippen LogP contribution in [0.5, 0.6) is 0 Å². The minimum atomic E-state index is -4.65. The normalized spacial score (nSPS) is 21.1. The third-order valence-electron chi connectivity index (χ3n) is 6.23. The molecule has 2 fully saturated rings. The SMILES string of the molecule is Cc1nc(N2CCC3(CCN(c4cnc5cnn(CC(F)F)c5n4)C3)C2=O)cc(C(F)(F)F)n1. The molecule has 180 valence electrons. The summed E-state index contributed by atoms with van der Waals surface area (Å²) in [6.07, 6.45) is -3.50. The fourth-order valence-electron chi connectivity index (χ4n) is 4.58. The van der Waals surface area contributed by atoms with E-state index in [0.29, 0.717) is 30.7 Å². The van der Waals surface area contributed by atoms with Crippen LogP contribution in [-0.2, 0) is 17.5 Å². The number of alkyl halides is 5. The number of hydrogen-bond acceptors (Lipinski definition) is 7. The first-order chi connectivity index (χ1) is 16.1. The summed E-state index contributed by atoms with van der Waals surface area (Å²) >= 11 is 0. The van der Waals surface area contributed by atoms with Gasteiger partial charge in [-0.15, -0.1) is 0 Å². The smallest absolute Gasteiger partial charge is 0.354 e. The van der Waals surface area contributed by atoms with Crippen LogP contribution in [0.25, 0.3) is 11.2 Å². The quantitative estimate of drug-likeness (QED) is 0.528. The molecular weight excluding hydrogens is 463 g/mol. The van der Waals surface area contributed by atoms with E-state index in [9.17, 15) is 26.7 Å². The average Bonchev–Trinajstić information content (AvgIpc) is 3.46. The third kappa shape index (κ3) is 3.80. The van der Waals surface area contributed by atoms with Crippen LogP contribution < -0.4 is 9.80 Å². The summed E-state index contributed by atoms with van der Waals surface area (Å²) in [5.74, 6) is -0.0326. The van der Waals surface area contributed by atoms with Crippen molar-refractivity contribution in [2.24, 2.45) is 5.41 Å². The number of amides is 1. The molecule has 9 nitrogen and oxygen atoms in total. The first-order valence-electron chi connectivity index (χ1n) is 10.5. The van der Waals surface area contributed by atoms with Crippen LogP contribution >= 0.6 is 0 Å². The van der Waals surface area contributed by atoms with E-state index in [2.05, 4.69) is 25.0 Å². The van der Waals surface area contributed by atoms with Gasteiger partial charge in [-0.1, -0.05) is 0 Å². The van der Waals surface area contributed by atoms with Gasteiger partial charge in [-0.3, -0.25) is 9.69 Å². The maximum Gasteiger partial charge on any atom is 0.433 e. The molecule has 0 bridgehead atoms. The van der Waals surface area contributed by atoms with Gasteiger partial charge in [0.05, 0.1) is 17.8 Å². The van der Waals surface area contributed by atoms with E-state index >= 15 is 0 Å². The van der Waals surface area contributed by atoms with Crippen LogP contribution in [0.4, 0.5) is 33.6 Å². The number of fused-ring (bicyclic) bond motifs is 1. The van der Waals surface area contributed by atoms with Gasteiger partial charge in [0.2, 0.25) is 5.91 Å². The van der Waals surface area contributed by atoms with Crippen molar-refractivity contribution < 1.29 is 26.7 Å². The average molecular weight is 482 g/mol. The summed E-state index contributed by atoms with van der Waals surface area (Å²) in [7, 11) is 0. The zero-order valence-electron chi connectivity index (χ0n) is 17.9. The van der Waals surface area contributed by atoms with E-state index in [-0.39, 0.29) is 36.3 Å². The number of carbonyl (C=O) groups excluding carboxylic acids is 1. The van der Waals surface area contributed by atoms with E-state index in [1.807, 2.05) is 4.90 Å². The molecule has 0 N–H and O–H groups in total. The molecule has 3 aromatic heterocycles. The second kappa shape index (κ2) is 7.81. The Labute approximate surface area is 189 Å². The summed E-state index contributed by atoms with van der Waals surface area (Å²) in [6.45, 7) is 1.70. The Balaban J connectivity index is 1.39. The maximum absolute atomic E-state index is 13.3. The molecule has 1 spiro atoms. The molecule has 5 heterocycles. The lowest BCUT2D eigenvalue weighted by Gasteiger charge is -2.24. The number of anilines is 2. The summed E-state index contributed by atoms with van der Waals surface area (Å²) in [6, 6.07) is 0.792. The Bertz CT molecular complexity index is 1260. The lowest BCUT2D eigenvalue weighted by Crippen LogP contribution is -2.37. The highest BCUT2D eigenvalue weighted by Crippen LogP contribution is 2.43. The Morgan fingerprint density at radius 2 is 1.85 bits per heavy atom. The van der Waals surface area contributed by atoms with Crippen LogP contribution in [0.1, 0.15) is 24.4 Å². The van der Waals surface area contributed by atoms with Crippen molar-refractivity contribution in [3.05, 3.63) is 30.0 Å². The van der Waals surface area contributed by atoms with Crippen LogP contribution in [-0.4, -0.2) is 61.7 Å². The van der Waals surface area contributed by atoms with Gasteiger partial charge in [-0.25, -0.2) is 33.4 Å². The van der Waals surface area contributed by atoms with E-state index in [4.69, 9.17) is 0 Å². The van der Waals surface area contributed by atoms with Gasteiger partial charge < -0.3 is 4.90 Å². The summed E-state index contributed by atoms with van der Waals surface area (Å²) in [5, 5.41) is 3.90. The topological polar surface area (TPSA) is 92.9 Å². The van der Waals surface area contributed by atoms with Gasteiger partial charge in [0.25, 0.3) is 6.43 Å². The fraction of sp³-hybridized carbons (Fsp3) is 0.500. The highest BCUT2D eigenvalue weighted by molar-refractivity contribution is 6.00. The fourth-order valence-corrected chi connectivity index (χ4v) is 4.58. The molecule has 1 amide bonds. The van der Waals surface area contributed by atoms with E-state index in [1.54, 1.807) is 0 Å². The molecule has 5 rings (SSSR count). The second-order valence-electron chi connectivity index (χ2n) is 8.47. The standard InChI is InChI=1S/C20H19F5N8O/c1-11-28-13(20(23,24)25)6-15(29-11)32-5-3-19(18(32)34)2-4-31(10-19)16-8-26-12-7-27-33(9-14(21)22)17(12)30-16/h6-8,14H,2-5,9-10H2,1H3. The predicted octanol–water partition coefficient (Wildman–Crippen LogP) is 2.84. The van der Waals surface area contributed by atoms with Crippen molar-refractivity contribution in [2.45, 2.75) is 38.9 Å². The van der Waals surface area contributed by atoms with Gasteiger partial charge in [0.15, 0.2) is 5.65 Å². The monoisotopic (exact) mass is 482 g/mol. The lowest BCUT2D eigenvalue weighted by atomic mass is 9.85. The zero-order chi connectivity index (χ0) is 24.3. The lowest BCUT2D eigenvalue weighted by molar-refractivity contribution is -0.141. The molecule has 2 aliphatic rings. The first-order valence-corrected chi connectivity index (χ1v) is 10.5. The number of aryl methyl sites for hydroxylation is 1. The molecule has 1 atom stereocenters. The minimum Gasteiger partial charge on any atom is -0.354 e. The molecule has 1 unspecified atom stereocenters. The van der Waals surface area contributed by atoms with Crippen molar-refractivity contribution in [3.63, 3.8) is 0 Å². The summed E-state index contributed by atoms with van der Waals surface area (Å²) < 4.78 is 66.3. The van der Waals surface area contributed by atoms with Crippen molar-refractivity contribution in [2.75, 3.05) is 29.4 Å². The van der Waals surface area contributed by atoms with Gasteiger partial charge in [-0.05, 0) is 19.8 Å². The van der Waals surface area contributed by atoms with Crippen LogP contribution in [0.3, 0.4) is 0 Å². The molecule has 2 saturated heterocycles. The third-order valence-corrected chi connectivity index (χ3v) is 6.23. The molecule has 2 aliphatic heterocycles. The highest BCUT2D eigenvalue weighted by Gasteiger charge is 2.52. The van der Waals surface area contributed by atoms with E-state index in [1.165, 1.54) is 24.2 Å². The van der Waals surface area contributed by atoms with Gasteiger partial charge in [-0.2, -0.15) is 18.3 Å². The van der Waals surface area contributed by atoms with Crippen molar-refractivity contribution >= 4 is 28.7 Å². The number of halogens is 5. The van der Waals surface area contributed by atoms with Gasteiger partial charge in [0.1, 0.15) is 35.2 Å². The number of nitrogens with zero attached hydrogens (tertiary/aromatic N) is 8. The van der Waals surface area contributed by atoms with E-state index in [0.717, 1.165) is 10.7 Å². The molecule has 3 aromatic rings. The summed E-state index contributed by atoms with van der Waals surface area (Å²) in [4.78, 5) is 32.6. The second-order valence-corrected chi connectivity index (χ2v) is 8.47. The van der Waals surface area contributed by atoms with Gasteiger partial charge in [0, 0.05) is 25.7 Å². The zero-order valence-corrected chi connectivity index (χ0v) is 17.9. The highest BCUT2D eigenvalue weighted by atomic mass is 19.4. The van der Waals surface area contributed by atoms with E-state index < -0.39 is 30.3 Å². The van der Waals surface area contributed by atoms with Crippen molar-refractivity contribution in [3.8, 4) is 0 Å². The molecular formula is C20H19F5N8O.